The Morgan fingerprint density at radius 2 is 2.24 bits per heavy atom. The van der Waals surface area contributed by atoms with E-state index in [0.717, 1.165) is 19.5 Å². The SMILES string of the molecule is O=C(COc1c(Br)cccc1[N+](=O)[O-])N1CCCNCC1. The molecular formula is C13H16BrN3O4. The molecule has 0 radical (unpaired) electrons. The first-order chi connectivity index (χ1) is 10.1. The van der Waals surface area contributed by atoms with E-state index in [9.17, 15) is 14.9 Å². The van der Waals surface area contributed by atoms with Crippen LogP contribution in [0, 0.1) is 10.1 Å². The summed E-state index contributed by atoms with van der Waals surface area (Å²) in [5.41, 5.74) is -0.158. The van der Waals surface area contributed by atoms with Gasteiger partial charge in [-0.2, -0.15) is 0 Å². The largest absolute Gasteiger partial charge is 0.476 e. The molecule has 1 fully saturated rings. The molecule has 1 saturated heterocycles. The number of carbonyl (C=O) groups is 1. The second-order valence-electron chi connectivity index (χ2n) is 4.62. The lowest BCUT2D eigenvalue weighted by Gasteiger charge is -2.20. The van der Waals surface area contributed by atoms with Gasteiger partial charge in [-0.05, 0) is 35.0 Å². The minimum Gasteiger partial charge on any atom is -0.476 e. The standard InChI is InChI=1S/C13H16BrN3O4/c14-10-3-1-4-11(17(19)20)13(10)21-9-12(18)16-7-2-5-15-6-8-16/h1,3-4,15H,2,5-9H2. The highest BCUT2D eigenvalue weighted by molar-refractivity contribution is 9.10. The second-order valence-corrected chi connectivity index (χ2v) is 5.47. The van der Waals surface area contributed by atoms with Crippen LogP contribution in [0.4, 0.5) is 5.69 Å². The molecule has 0 saturated carbocycles. The van der Waals surface area contributed by atoms with Crippen molar-refractivity contribution in [2.75, 3.05) is 32.8 Å². The van der Waals surface area contributed by atoms with Gasteiger partial charge in [-0.1, -0.05) is 6.07 Å². The molecule has 21 heavy (non-hydrogen) atoms. The number of nitrogens with one attached hydrogen (secondary N) is 1. The fourth-order valence-corrected chi connectivity index (χ4v) is 2.57. The van der Waals surface area contributed by atoms with Gasteiger partial charge in [0.15, 0.2) is 6.61 Å². The monoisotopic (exact) mass is 357 g/mol. The highest BCUT2D eigenvalue weighted by Gasteiger charge is 2.21. The van der Waals surface area contributed by atoms with Crippen LogP contribution in [-0.4, -0.2) is 48.5 Å². The van der Waals surface area contributed by atoms with Crippen LogP contribution >= 0.6 is 15.9 Å². The van der Waals surface area contributed by atoms with E-state index in [1.54, 1.807) is 17.0 Å². The van der Waals surface area contributed by atoms with Crippen molar-refractivity contribution in [3.63, 3.8) is 0 Å². The predicted octanol–water partition coefficient (Wildman–Crippen LogP) is 1.56. The number of nitrogens with zero attached hydrogens (tertiary/aromatic N) is 2. The van der Waals surface area contributed by atoms with Crippen molar-refractivity contribution < 1.29 is 14.5 Å². The average molecular weight is 358 g/mol. The number of rotatable bonds is 4. The fourth-order valence-electron chi connectivity index (χ4n) is 2.10. The van der Waals surface area contributed by atoms with Gasteiger partial charge in [-0.3, -0.25) is 14.9 Å². The molecule has 0 aliphatic carbocycles. The van der Waals surface area contributed by atoms with Crippen molar-refractivity contribution in [2.45, 2.75) is 6.42 Å². The zero-order chi connectivity index (χ0) is 15.2. The summed E-state index contributed by atoms with van der Waals surface area (Å²) < 4.78 is 5.85. The van der Waals surface area contributed by atoms with Gasteiger partial charge in [-0.25, -0.2) is 0 Å². The zero-order valence-electron chi connectivity index (χ0n) is 11.4. The number of carbonyl (C=O) groups excluding carboxylic acids is 1. The first-order valence-corrected chi connectivity index (χ1v) is 7.43. The summed E-state index contributed by atoms with van der Waals surface area (Å²) in [7, 11) is 0. The van der Waals surface area contributed by atoms with Crippen molar-refractivity contribution in [2.24, 2.45) is 0 Å². The van der Waals surface area contributed by atoms with E-state index >= 15 is 0 Å². The Bertz CT molecular complexity index is 530. The molecule has 1 aromatic carbocycles. The van der Waals surface area contributed by atoms with Gasteiger partial charge in [0.2, 0.25) is 5.75 Å². The molecule has 1 amide bonds. The maximum Gasteiger partial charge on any atom is 0.312 e. The topological polar surface area (TPSA) is 84.7 Å². The number of ether oxygens (including phenoxy) is 1. The van der Waals surface area contributed by atoms with Gasteiger partial charge in [-0.15, -0.1) is 0 Å². The summed E-state index contributed by atoms with van der Waals surface area (Å²) in [6.07, 6.45) is 0.890. The van der Waals surface area contributed by atoms with Gasteiger partial charge >= 0.3 is 5.69 Å². The van der Waals surface area contributed by atoms with Crippen LogP contribution in [0.5, 0.6) is 5.75 Å². The van der Waals surface area contributed by atoms with E-state index in [0.29, 0.717) is 17.6 Å². The third-order valence-electron chi connectivity index (χ3n) is 3.18. The lowest BCUT2D eigenvalue weighted by molar-refractivity contribution is -0.385. The molecule has 0 bridgehead atoms. The van der Waals surface area contributed by atoms with Gasteiger partial charge in [0.1, 0.15) is 0 Å². The van der Waals surface area contributed by atoms with E-state index < -0.39 is 4.92 Å². The van der Waals surface area contributed by atoms with Crippen molar-refractivity contribution >= 4 is 27.5 Å². The molecule has 0 atom stereocenters. The summed E-state index contributed by atoms with van der Waals surface area (Å²) in [6, 6.07) is 4.54. The van der Waals surface area contributed by atoms with Gasteiger partial charge in [0.25, 0.3) is 5.91 Å². The van der Waals surface area contributed by atoms with E-state index in [1.165, 1.54) is 6.07 Å². The van der Waals surface area contributed by atoms with E-state index in [1.807, 2.05) is 0 Å². The number of halogens is 1. The normalized spacial score (nSPS) is 15.4. The molecule has 1 heterocycles. The third kappa shape index (κ3) is 4.15. The molecule has 1 aromatic rings. The zero-order valence-corrected chi connectivity index (χ0v) is 13.0. The number of hydrogen-bond donors (Lipinski definition) is 1. The summed E-state index contributed by atoms with van der Waals surface area (Å²) in [5.74, 6) is -0.0763. The highest BCUT2D eigenvalue weighted by Crippen LogP contribution is 2.34. The summed E-state index contributed by atoms with van der Waals surface area (Å²) >= 11 is 3.21. The quantitative estimate of drug-likeness (QED) is 0.652. The molecule has 2 rings (SSSR count). The van der Waals surface area contributed by atoms with Crippen molar-refractivity contribution in [1.29, 1.82) is 0 Å². The Morgan fingerprint density at radius 1 is 1.43 bits per heavy atom. The van der Waals surface area contributed by atoms with E-state index in [-0.39, 0.29) is 24.0 Å². The predicted molar refractivity (Wildman–Crippen MR) is 80.4 cm³/mol. The molecule has 1 N–H and O–H groups in total. The van der Waals surface area contributed by atoms with Crippen molar-refractivity contribution in [1.82, 2.24) is 10.2 Å². The molecule has 0 aromatic heterocycles. The maximum absolute atomic E-state index is 12.1. The number of amides is 1. The van der Waals surface area contributed by atoms with E-state index in [4.69, 9.17) is 4.74 Å². The van der Waals surface area contributed by atoms with Crippen molar-refractivity contribution in [3.8, 4) is 5.75 Å². The molecule has 1 aliphatic rings. The summed E-state index contributed by atoms with van der Waals surface area (Å²) in [4.78, 5) is 24.3. The molecule has 8 heteroatoms. The Labute approximate surface area is 130 Å². The molecule has 1 aliphatic heterocycles. The lowest BCUT2D eigenvalue weighted by Crippen LogP contribution is -2.37. The van der Waals surface area contributed by atoms with Gasteiger partial charge in [0.05, 0.1) is 9.40 Å². The molecule has 0 spiro atoms. The number of nitro benzene ring substituents is 1. The minimum atomic E-state index is -0.527. The smallest absolute Gasteiger partial charge is 0.312 e. The molecule has 114 valence electrons. The van der Waals surface area contributed by atoms with Crippen molar-refractivity contribution in [3.05, 3.63) is 32.8 Å². The molecular weight excluding hydrogens is 342 g/mol. The average Bonchev–Trinajstić information content (AvgIpc) is 2.74. The second kappa shape index (κ2) is 7.37. The highest BCUT2D eigenvalue weighted by atomic mass is 79.9. The van der Waals surface area contributed by atoms with Crippen LogP contribution < -0.4 is 10.1 Å². The number of nitro groups is 1. The summed E-state index contributed by atoms with van der Waals surface area (Å²) in [5, 5.41) is 14.2. The number of benzene rings is 1. The van der Waals surface area contributed by atoms with E-state index in [2.05, 4.69) is 21.2 Å². The first kappa shape index (κ1) is 15.7. The van der Waals surface area contributed by atoms with Crippen LogP contribution in [0.15, 0.2) is 22.7 Å². The first-order valence-electron chi connectivity index (χ1n) is 6.64. The Kier molecular flexibility index (Phi) is 5.51. The van der Waals surface area contributed by atoms with Crippen LogP contribution in [0.3, 0.4) is 0 Å². The Morgan fingerprint density at radius 3 is 3.00 bits per heavy atom. The minimum absolute atomic E-state index is 0.0868. The van der Waals surface area contributed by atoms with Crippen LogP contribution in [0.1, 0.15) is 6.42 Å². The molecule has 0 unspecified atom stereocenters. The van der Waals surface area contributed by atoms with Crippen LogP contribution in [0.2, 0.25) is 0 Å². The Hall–Kier alpha value is -1.67. The molecule has 7 nitrogen and oxygen atoms in total. The van der Waals surface area contributed by atoms with Gasteiger partial charge < -0.3 is 15.0 Å². The fraction of sp³-hybridized carbons (Fsp3) is 0.462. The summed E-state index contributed by atoms with van der Waals surface area (Å²) in [6.45, 7) is 2.73. The third-order valence-corrected chi connectivity index (χ3v) is 3.80. The number of hydrogen-bond acceptors (Lipinski definition) is 5. The van der Waals surface area contributed by atoms with Crippen LogP contribution in [-0.2, 0) is 4.79 Å². The maximum atomic E-state index is 12.1. The lowest BCUT2D eigenvalue weighted by atomic mass is 10.3. The van der Waals surface area contributed by atoms with Crippen LogP contribution in [0.25, 0.3) is 0 Å². The Balaban J connectivity index is 2.02. The number of para-hydroxylation sites is 1. The van der Waals surface area contributed by atoms with Gasteiger partial charge in [0, 0.05) is 25.7 Å².